The third-order valence-electron chi connectivity index (χ3n) is 2.93. The highest BCUT2D eigenvalue weighted by atomic mass is 16.3. The van der Waals surface area contributed by atoms with Crippen molar-refractivity contribution in [3.05, 3.63) is 34.9 Å². The van der Waals surface area contributed by atoms with Crippen molar-refractivity contribution in [1.82, 2.24) is 4.90 Å². The van der Waals surface area contributed by atoms with Crippen LogP contribution in [0, 0.1) is 0 Å². The average molecular weight is 191 g/mol. The van der Waals surface area contributed by atoms with E-state index in [0.717, 1.165) is 18.7 Å². The van der Waals surface area contributed by atoms with Gasteiger partial charge < -0.3 is 5.11 Å². The highest BCUT2D eigenvalue weighted by Gasteiger charge is 2.20. The largest absolute Gasteiger partial charge is 0.392 e. The van der Waals surface area contributed by atoms with Crippen LogP contribution in [0.4, 0.5) is 0 Å². The molecule has 0 saturated carbocycles. The summed E-state index contributed by atoms with van der Waals surface area (Å²) in [5.74, 6) is 0. The molecule has 0 atom stereocenters. The number of rotatable bonds is 2. The predicted molar refractivity (Wildman–Crippen MR) is 56.7 cm³/mol. The van der Waals surface area contributed by atoms with Crippen LogP contribution in [0.25, 0.3) is 0 Å². The van der Waals surface area contributed by atoms with E-state index in [9.17, 15) is 0 Å². The highest BCUT2D eigenvalue weighted by Crippen LogP contribution is 2.25. The standard InChI is InChI=1S/C12H17NO/c1-9(2)13-6-11-4-3-10(8-14)5-12(11)7-13/h3-5,9,14H,6-8H2,1-2H3. The molecule has 0 spiro atoms. The number of aliphatic hydroxyl groups is 1. The third kappa shape index (κ3) is 1.68. The van der Waals surface area contributed by atoms with Gasteiger partial charge in [-0.3, -0.25) is 4.90 Å². The summed E-state index contributed by atoms with van der Waals surface area (Å²) < 4.78 is 0. The summed E-state index contributed by atoms with van der Waals surface area (Å²) in [4.78, 5) is 2.44. The van der Waals surface area contributed by atoms with Gasteiger partial charge in [0, 0.05) is 19.1 Å². The molecule has 0 aromatic heterocycles. The number of hydrogen-bond donors (Lipinski definition) is 1. The van der Waals surface area contributed by atoms with E-state index >= 15 is 0 Å². The van der Waals surface area contributed by atoms with E-state index in [1.54, 1.807) is 0 Å². The second kappa shape index (κ2) is 3.71. The van der Waals surface area contributed by atoms with Gasteiger partial charge >= 0.3 is 0 Å². The summed E-state index contributed by atoms with van der Waals surface area (Å²) in [5.41, 5.74) is 3.82. The van der Waals surface area contributed by atoms with Crippen molar-refractivity contribution < 1.29 is 5.11 Å². The third-order valence-corrected chi connectivity index (χ3v) is 2.93. The van der Waals surface area contributed by atoms with Gasteiger partial charge in [0.1, 0.15) is 0 Å². The lowest BCUT2D eigenvalue weighted by molar-refractivity contribution is 0.227. The van der Waals surface area contributed by atoms with Crippen molar-refractivity contribution in [3.8, 4) is 0 Å². The molecule has 0 bridgehead atoms. The van der Waals surface area contributed by atoms with Crippen LogP contribution in [0.1, 0.15) is 30.5 Å². The van der Waals surface area contributed by atoms with E-state index < -0.39 is 0 Å². The number of nitrogens with zero attached hydrogens (tertiary/aromatic N) is 1. The van der Waals surface area contributed by atoms with Crippen molar-refractivity contribution in [2.24, 2.45) is 0 Å². The molecule has 0 saturated heterocycles. The SMILES string of the molecule is CC(C)N1Cc2ccc(CO)cc2C1. The fraction of sp³-hybridized carbons (Fsp3) is 0.500. The molecule has 1 aliphatic rings. The molecule has 1 N–H and O–H groups in total. The van der Waals surface area contributed by atoms with Gasteiger partial charge in [-0.2, -0.15) is 0 Å². The summed E-state index contributed by atoms with van der Waals surface area (Å²) in [6, 6.07) is 6.88. The monoisotopic (exact) mass is 191 g/mol. The number of aliphatic hydroxyl groups excluding tert-OH is 1. The maximum absolute atomic E-state index is 9.03. The first-order valence-electron chi connectivity index (χ1n) is 5.16. The Morgan fingerprint density at radius 2 is 2.00 bits per heavy atom. The summed E-state index contributed by atoms with van der Waals surface area (Å²) in [5, 5.41) is 9.03. The fourth-order valence-corrected chi connectivity index (χ4v) is 1.94. The van der Waals surface area contributed by atoms with Crippen LogP contribution in [0.5, 0.6) is 0 Å². The minimum absolute atomic E-state index is 0.148. The van der Waals surface area contributed by atoms with Crippen LogP contribution < -0.4 is 0 Å². The Kier molecular flexibility index (Phi) is 2.57. The molecule has 2 nitrogen and oxygen atoms in total. The molecule has 1 aromatic carbocycles. The molecule has 76 valence electrons. The summed E-state index contributed by atoms with van der Waals surface area (Å²) in [6.07, 6.45) is 0. The van der Waals surface area contributed by atoms with Crippen LogP contribution in [-0.4, -0.2) is 16.0 Å². The average Bonchev–Trinajstić information content (AvgIpc) is 2.59. The minimum Gasteiger partial charge on any atom is -0.392 e. The van der Waals surface area contributed by atoms with Gasteiger partial charge in [-0.05, 0) is 30.5 Å². The van der Waals surface area contributed by atoms with Gasteiger partial charge in [-0.15, -0.1) is 0 Å². The van der Waals surface area contributed by atoms with Gasteiger partial charge in [0.05, 0.1) is 6.61 Å². The zero-order valence-corrected chi connectivity index (χ0v) is 8.83. The van der Waals surface area contributed by atoms with Crippen LogP contribution in [0.2, 0.25) is 0 Å². The maximum atomic E-state index is 9.03. The molecule has 2 heteroatoms. The molecule has 0 aliphatic carbocycles. The molecular formula is C12H17NO. The molecule has 1 aromatic rings. The molecule has 0 amide bonds. The van der Waals surface area contributed by atoms with Crippen molar-refractivity contribution in [2.45, 2.75) is 39.6 Å². The highest BCUT2D eigenvalue weighted by molar-refractivity contribution is 5.34. The second-order valence-electron chi connectivity index (χ2n) is 4.26. The second-order valence-corrected chi connectivity index (χ2v) is 4.26. The Hall–Kier alpha value is -0.860. The molecular weight excluding hydrogens is 174 g/mol. The van der Waals surface area contributed by atoms with E-state index in [-0.39, 0.29) is 6.61 Å². The first-order valence-corrected chi connectivity index (χ1v) is 5.16. The Morgan fingerprint density at radius 3 is 2.64 bits per heavy atom. The minimum atomic E-state index is 0.148. The van der Waals surface area contributed by atoms with Crippen molar-refractivity contribution in [1.29, 1.82) is 0 Å². The summed E-state index contributed by atoms with van der Waals surface area (Å²) >= 11 is 0. The molecule has 2 rings (SSSR count). The molecule has 1 heterocycles. The lowest BCUT2D eigenvalue weighted by Crippen LogP contribution is -2.24. The fourth-order valence-electron chi connectivity index (χ4n) is 1.94. The molecule has 1 aliphatic heterocycles. The normalized spacial score (nSPS) is 16.3. The molecule has 14 heavy (non-hydrogen) atoms. The van der Waals surface area contributed by atoms with Crippen LogP contribution in [0.3, 0.4) is 0 Å². The van der Waals surface area contributed by atoms with E-state index in [0.29, 0.717) is 6.04 Å². The van der Waals surface area contributed by atoms with Crippen LogP contribution >= 0.6 is 0 Å². The van der Waals surface area contributed by atoms with E-state index in [1.807, 2.05) is 6.07 Å². The predicted octanol–water partition coefficient (Wildman–Crippen LogP) is 1.90. The summed E-state index contributed by atoms with van der Waals surface area (Å²) in [7, 11) is 0. The zero-order valence-electron chi connectivity index (χ0n) is 8.83. The van der Waals surface area contributed by atoms with Gasteiger partial charge in [0.2, 0.25) is 0 Å². The van der Waals surface area contributed by atoms with E-state index in [1.165, 1.54) is 11.1 Å². The van der Waals surface area contributed by atoms with Crippen LogP contribution in [-0.2, 0) is 19.7 Å². The Morgan fingerprint density at radius 1 is 1.29 bits per heavy atom. The van der Waals surface area contributed by atoms with Crippen molar-refractivity contribution in [3.63, 3.8) is 0 Å². The van der Waals surface area contributed by atoms with Gasteiger partial charge in [-0.25, -0.2) is 0 Å². The lowest BCUT2D eigenvalue weighted by atomic mass is 10.1. The molecule has 0 unspecified atom stereocenters. The smallest absolute Gasteiger partial charge is 0.0681 e. The number of hydrogen-bond acceptors (Lipinski definition) is 2. The Bertz CT molecular complexity index is 333. The van der Waals surface area contributed by atoms with Crippen LogP contribution in [0.15, 0.2) is 18.2 Å². The zero-order chi connectivity index (χ0) is 10.1. The van der Waals surface area contributed by atoms with Crippen molar-refractivity contribution in [2.75, 3.05) is 0 Å². The number of fused-ring (bicyclic) bond motifs is 1. The Balaban J connectivity index is 2.22. The molecule has 0 radical (unpaired) electrons. The number of benzene rings is 1. The summed E-state index contributed by atoms with van der Waals surface area (Å²) in [6.45, 7) is 6.67. The quantitative estimate of drug-likeness (QED) is 0.771. The lowest BCUT2D eigenvalue weighted by Gasteiger charge is -2.18. The van der Waals surface area contributed by atoms with Gasteiger partial charge in [0.15, 0.2) is 0 Å². The van der Waals surface area contributed by atoms with Gasteiger partial charge in [-0.1, -0.05) is 18.2 Å². The van der Waals surface area contributed by atoms with Crippen molar-refractivity contribution >= 4 is 0 Å². The van der Waals surface area contributed by atoms with E-state index in [4.69, 9.17) is 5.11 Å². The van der Waals surface area contributed by atoms with Gasteiger partial charge in [0.25, 0.3) is 0 Å². The first-order chi connectivity index (χ1) is 6.70. The Labute approximate surface area is 85.2 Å². The maximum Gasteiger partial charge on any atom is 0.0681 e. The first kappa shape index (κ1) is 9.69. The molecule has 0 fully saturated rings. The topological polar surface area (TPSA) is 23.5 Å². The van der Waals surface area contributed by atoms with E-state index in [2.05, 4.69) is 30.9 Å².